The van der Waals surface area contributed by atoms with Crippen molar-refractivity contribution in [1.82, 2.24) is 4.98 Å². The molecule has 2 heterocycles. The number of thiazole rings is 1. The number of aromatic nitrogens is 1. The molecule has 0 amide bonds. The zero-order valence-corrected chi connectivity index (χ0v) is 11.9. The summed E-state index contributed by atoms with van der Waals surface area (Å²) in [6.45, 7) is 0. The highest BCUT2D eigenvalue weighted by Gasteiger charge is 2.06. The fraction of sp³-hybridized carbons (Fsp3) is 0. The van der Waals surface area contributed by atoms with Gasteiger partial charge < -0.3 is 10.4 Å². The first-order valence-electron chi connectivity index (χ1n) is 5.81. The Balaban J connectivity index is 1.76. The van der Waals surface area contributed by atoms with Crippen LogP contribution in [0, 0.1) is 0 Å². The molecule has 2 aromatic heterocycles. The third-order valence-corrected chi connectivity index (χ3v) is 4.15. The number of benzene rings is 1. The Labute approximate surface area is 123 Å². The first-order chi connectivity index (χ1) is 9.72. The number of thiophene rings is 1. The second-order valence-electron chi connectivity index (χ2n) is 4.06. The van der Waals surface area contributed by atoms with Crippen LogP contribution in [0.3, 0.4) is 0 Å². The van der Waals surface area contributed by atoms with Gasteiger partial charge in [0.2, 0.25) is 0 Å². The minimum absolute atomic E-state index is 0.272. The molecule has 2 N–H and O–H groups in total. The maximum Gasteiger partial charge on any atom is 0.335 e. The van der Waals surface area contributed by atoms with Crippen molar-refractivity contribution in [1.29, 1.82) is 0 Å². The van der Waals surface area contributed by atoms with E-state index in [1.165, 1.54) is 11.3 Å². The van der Waals surface area contributed by atoms with Gasteiger partial charge in [-0.2, -0.15) is 11.3 Å². The van der Waals surface area contributed by atoms with E-state index < -0.39 is 5.97 Å². The molecular formula is C14H10N2O2S2. The first-order valence-corrected chi connectivity index (χ1v) is 7.63. The molecule has 0 saturated carbocycles. The third-order valence-electron chi connectivity index (χ3n) is 2.70. The highest BCUT2D eigenvalue weighted by atomic mass is 32.1. The fourth-order valence-corrected chi connectivity index (χ4v) is 3.08. The van der Waals surface area contributed by atoms with E-state index in [4.69, 9.17) is 5.11 Å². The van der Waals surface area contributed by atoms with Crippen LogP contribution in [-0.4, -0.2) is 16.1 Å². The summed E-state index contributed by atoms with van der Waals surface area (Å²) in [5.41, 5.74) is 3.15. The molecule has 0 aliphatic carbocycles. The average Bonchev–Trinajstić information content (AvgIpc) is 3.09. The second kappa shape index (κ2) is 5.44. The van der Waals surface area contributed by atoms with Gasteiger partial charge in [0.1, 0.15) is 0 Å². The van der Waals surface area contributed by atoms with Gasteiger partial charge >= 0.3 is 5.97 Å². The van der Waals surface area contributed by atoms with Crippen molar-refractivity contribution < 1.29 is 9.90 Å². The molecule has 0 aliphatic rings. The predicted molar refractivity (Wildman–Crippen MR) is 82.1 cm³/mol. The number of carboxylic acids is 1. The molecule has 0 unspecified atom stereocenters. The van der Waals surface area contributed by atoms with Gasteiger partial charge in [0.05, 0.1) is 11.3 Å². The smallest absolute Gasteiger partial charge is 0.335 e. The molecular weight excluding hydrogens is 292 g/mol. The van der Waals surface area contributed by atoms with Crippen molar-refractivity contribution in [3.63, 3.8) is 0 Å². The van der Waals surface area contributed by atoms with Crippen molar-refractivity contribution in [3.8, 4) is 11.3 Å². The maximum atomic E-state index is 10.8. The molecule has 6 heteroatoms. The number of aromatic carboxylic acids is 1. The quantitative estimate of drug-likeness (QED) is 0.753. The maximum absolute atomic E-state index is 10.8. The summed E-state index contributed by atoms with van der Waals surface area (Å²) in [7, 11) is 0. The number of hydrogen-bond donors (Lipinski definition) is 2. The fourth-order valence-electron chi connectivity index (χ4n) is 1.69. The number of rotatable bonds is 4. The van der Waals surface area contributed by atoms with Crippen LogP contribution in [0.5, 0.6) is 0 Å². The molecule has 3 aromatic rings. The standard InChI is InChI=1S/C14H10N2O2S2/c17-13(18)9-1-3-11(4-2-9)15-14-16-12(8-20-14)10-5-6-19-7-10/h1-8H,(H,15,16)(H,17,18). The Bertz CT molecular complexity index is 718. The minimum atomic E-state index is -0.925. The molecule has 0 saturated heterocycles. The van der Waals surface area contributed by atoms with E-state index in [1.54, 1.807) is 35.6 Å². The lowest BCUT2D eigenvalue weighted by atomic mass is 10.2. The zero-order chi connectivity index (χ0) is 13.9. The van der Waals surface area contributed by atoms with Crippen LogP contribution in [0.1, 0.15) is 10.4 Å². The molecule has 0 spiro atoms. The van der Waals surface area contributed by atoms with Crippen LogP contribution in [-0.2, 0) is 0 Å². The Hall–Kier alpha value is -2.18. The number of carbonyl (C=O) groups is 1. The van der Waals surface area contributed by atoms with Crippen LogP contribution in [0.4, 0.5) is 10.8 Å². The van der Waals surface area contributed by atoms with Crippen LogP contribution in [0.25, 0.3) is 11.3 Å². The van der Waals surface area contributed by atoms with Gasteiger partial charge in [-0.05, 0) is 35.7 Å². The van der Waals surface area contributed by atoms with E-state index >= 15 is 0 Å². The van der Waals surface area contributed by atoms with Gasteiger partial charge in [-0.3, -0.25) is 0 Å². The zero-order valence-electron chi connectivity index (χ0n) is 10.2. The molecule has 1 aromatic carbocycles. The van der Waals surface area contributed by atoms with Crippen molar-refractivity contribution in [2.45, 2.75) is 0 Å². The van der Waals surface area contributed by atoms with Crippen LogP contribution in [0.15, 0.2) is 46.5 Å². The molecule has 0 atom stereocenters. The van der Waals surface area contributed by atoms with Crippen LogP contribution < -0.4 is 5.32 Å². The Kier molecular flexibility index (Phi) is 3.49. The molecule has 0 aliphatic heterocycles. The van der Waals surface area contributed by atoms with Crippen molar-refractivity contribution in [3.05, 3.63) is 52.0 Å². The Morgan fingerprint density at radius 2 is 1.95 bits per heavy atom. The molecule has 0 fully saturated rings. The van der Waals surface area contributed by atoms with Gasteiger partial charge in [0.25, 0.3) is 0 Å². The summed E-state index contributed by atoms with van der Waals surface area (Å²) in [4.78, 5) is 15.3. The second-order valence-corrected chi connectivity index (χ2v) is 5.70. The van der Waals surface area contributed by atoms with Crippen molar-refractivity contribution in [2.24, 2.45) is 0 Å². The number of nitrogens with zero attached hydrogens (tertiary/aromatic N) is 1. The van der Waals surface area contributed by atoms with E-state index in [-0.39, 0.29) is 5.56 Å². The molecule has 100 valence electrons. The molecule has 0 radical (unpaired) electrons. The summed E-state index contributed by atoms with van der Waals surface area (Å²) >= 11 is 3.16. The minimum Gasteiger partial charge on any atom is -0.478 e. The van der Waals surface area contributed by atoms with Gasteiger partial charge in [-0.25, -0.2) is 9.78 Å². The lowest BCUT2D eigenvalue weighted by Crippen LogP contribution is -1.96. The number of nitrogens with one attached hydrogen (secondary N) is 1. The normalized spacial score (nSPS) is 10.4. The van der Waals surface area contributed by atoms with E-state index in [0.717, 1.165) is 22.1 Å². The monoisotopic (exact) mass is 302 g/mol. The van der Waals surface area contributed by atoms with Crippen molar-refractivity contribution in [2.75, 3.05) is 5.32 Å². The lowest BCUT2D eigenvalue weighted by molar-refractivity contribution is 0.0697. The summed E-state index contributed by atoms with van der Waals surface area (Å²) in [5.74, 6) is -0.925. The van der Waals surface area contributed by atoms with E-state index in [2.05, 4.69) is 15.7 Å². The van der Waals surface area contributed by atoms with E-state index in [1.807, 2.05) is 16.8 Å². The lowest BCUT2D eigenvalue weighted by Gasteiger charge is -2.02. The molecule has 3 rings (SSSR count). The number of carboxylic acid groups (broad SMARTS) is 1. The molecule has 4 nitrogen and oxygen atoms in total. The van der Waals surface area contributed by atoms with Crippen molar-refractivity contribution >= 4 is 39.5 Å². The predicted octanol–water partition coefficient (Wildman–Crippen LogP) is 4.31. The van der Waals surface area contributed by atoms with E-state index in [9.17, 15) is 4.79 Å². The number of hydrogen-bond acceptors (Lipinski definition) is 5. The summed E-state index contributed by atoms with van der Waals surface area (Å²) in [6, 6.07) is 8.63. The van der Waals surface area contributed by atoms with Crippen LogP contribution in [0.2, 0.25) is 0 Å². The summed E-state index contributed by atoms with van der Waals surface area (Å²) in [5, 5.41) is 18.9. The van der Waals surface area contributed by atoms with E-state index in [0.29, 0.717) is 0 Å². The highest BCUT2D eigenvalue weighted by Crippen LogP contribution is 2.28. The first kappa shape index (κ1) is 12.8. The summed E-state index contributed by atoms with van der Waals surface area (Å²) < 4.78 is 0. The molecule has 20 heavy (non-hydrogen) atoms. The largest absolute Gasteiger partial charge is 0.478 e. The average molecular weight is 302 g/mol. The highest BCUT2D eigenvalue weighted by molar-refractivity contribution is 7.14. The van der Waals surface area contributed by atoms with Gasteiger partial charge in [0, 0.05) is 22.0 Å². The van der Waals surface area contributed by atoms with Gasteiger partial charge in [-0.15, -0.1) is 11.3 Å². The summed E-state index contributed by atoms with van der Waals surface area (Å²) in [6.07, 6.45) is 0. The SMILES string of the molecule is O=C(O)c1ccc(Nc2nc(-c3ccsc3)cs2)cc1. The molecule has 0 bridgehead atoms. The Morgan fingerprint density at radius 3 is 2.60 bits per heavy atom. The van der Waals surface area contributed by atoms with Gasteiger partial charge in [-0.1, -0.05) is 0 Å². The number of anilines is 2. The third kappa shape index (κ3) is 2.71. The topological polar surface area (TPSA) is 62.2 Å². The van der Waals surface area contributed by atoms with Gasteiger partial charge in [0.15, 0.2) is 5.13 Å². The Morgan fingerprint density at radius 1 is 1.15 bits per heavy atom. The van der Waals surface area contributed by atoms with Crippen LogP contribution >= 0.6 is 22.7 Å².